The van der Waals surface area contributed by atoms with E-state index in [1.54, 1.807) is 0 Å². The van der Waals surface area contributed by atoms with E-state index in [0.717, 1.165) is 11.4 Å². The lowest BCUT2D eigenvalue weighted by molar-refractivity contribution is 1.13. The van der Waals surface area contributed by atoms with E-state index < -0.39 is 0 Å². The molecule has 0 saturated carbocycles. The van der Waals surface area contributed by atoms with E-state index in [0.29, 0.717) is 16.1 Å². The molecule has 18 heavy (non-hydrogen) atoms. The van der Waals surface area contributed by atoms with Gasteiger partial charge < -0.3 is 16.0 Å². The van der Waals surface area contributed by atoms with Crippen LogP contribution in [0.1, 0.15) is 0 Å². The van der Waals surface area contributed by atoms with Crippen molar-refractivity contribution >= 4 is 38.9 Å². The number of anilines is 4. The normalized spacial score (nSPS) is 10.2. The highest BCUT2D eigenvalue weighted by atomic mass is 79.9. The second kappa shape index (κ2) is 5.22. The van der Waals surface area contributed by atoms with E-state index in [4.69, 9.17) is 5.73 Å². The van der Waals surface area contributed by atoms with Crippen molar-refractivity contribution in [3.05, 3.63) is 35.1 Å². The molecule has 1 aromatic heterocycles. The number of hydrogen-bond acceptors (Lipinski definition) is 5. The molecular weight excluding hydrogens is 294 g/mol. The molecule has 0 amide bonds. The van der Waals surface area contributed by atoms with E-state index in [1.807, 2.05) is 43.3 Å². The minimum atomic E-state index is 0.414. The van der Waals surface area contributed by atoms with Crippen molar-refractivity contribution < 1.29 is 0 Å². The number of hydrogen-bond donors (Lipinski definition) is 2. The molecule has 0 atom stereocenters. The highest BCUT2D eigenvalue weighted by Gasteiger charge is 2.06. The van der Waals surface area contributed by atoms with Gasteiger partial charge in [0.15, 0.2) is 0 Å². The number of benzene rings is 1. The summed E-state index contributed by atoms with van der Waals surface area (Å²) in [6, 6.07) is 8.03. The monoisotopic (exact) mass is 307 g/mol. The van der Waals surface area contributed by atoms with Gasteiger partial charge in [-0.15, -0.1) is 0 Å². The molecule has 94 valence electrons. The standard InChI is InChI=1S/C12H14BrN5/c1-18(2)9-5-3-8(4-6-9)17-12-10(13)11(14)15-7-16-12/h3-7H,1-2H3,(H3,14,15,16,17). The number of nitrogens with zero attached hydrogens (tertiary/aromatic N) is 3. The predicted octanol–water partition coefficient (Wildman–Crippen LogP) is 2.63. The fourth-order valence-corrected chi connectivity index (χ4v) is 1.75. The van der Waals surface area contributed by atoms with E-state index in [-0.39, 0.29) is 0 Å². The van der Waals surface area contributed by atoms with Crippen molar-refractivity contribution in [2.75, 3.05) is 30.0 Å². The molecule has 5 nitrogen and oxygen atoms in total. The quantitative estimate of drug-likeness (QED) is 0.912. The third kappa shape index (κ3) is 2.70. The molecule has 0 aliphatic rings. The van der Waals surface area contributed by atoms with Crippen LogP contribution in [0, 0.1) is 0 Å². The zero-order valence-electron chi connectivity index (χ0n) is 10.2. The summed E-state index contributed by atoms with van der Waals surface area (Å²) < 4.78 is 0.668. The van der Waals surface area contributed by atoms with Gasteiger partial charge in [-0.25, -0.2) is 9.97 Å². The van der Waals surface area contributed by atoms with Gasteiger partial charge >= 0.3 is 0 Å². The van der Waals surface area contributed by atoms with Crippen LogP contribution in [0.5, 0.6) is 0 Å². The molecule has 0 aliphatic heterocycles. The van der Waals surface area contributed by atoms with Gasteiger partial charge in [-0.2, -0.15) is 0 Å². The smallest absolute Gasteiger partial charge is 0.150 e. The van der Waals surface area contributed by atoms with Gasteiger partial charge in [0.1, 0.15) is 22.4 Å². The van der Waals surface area contributed by atoms with Crippen LogP contribution in [0.4, 0.5) is 23.0 Å². The van der Waals surface area contributed by atoms with Crippen molar-refractivity contribution in [3.63, 3.8) is 0 Å². The third-order valence-corrected chi connectivity index (χ3v) is 3.24. The van der Waals surface area contributed by atoms with Crippen molar-refractivity contribution in [1.29, 1.82) is 0 Å². The largest absolute Gasteiger partial charge is 0.383 e. The molecule has 1 aromatic carbocycles. The zero-order valence-corrected chi connectivity index (χ0v) is 11.8. The Morgan fingerprint density at radius 2 is 1.83 bits per heavy atom. The van der Waals surface area contributed by atoms with E-state index in [2.05, 4.69) is 31.2 Å². The summed E-state index contributed by atoms with van der Waals surface area (Å²) in [6.07, 6.45) is 1.43. The molecule has 0 aliphatic carbocycles. The van der Waals surface area contributed by atoms with Crippen molar-refractivity contribution in [3.8, 4) is 0 Å². The summed E-state index contributed by atoms with van der Waals surface area (Å²) in [5.74, 6) is 1.07. The van der Waals surface area contributed by atoms with Crippen molar-refractivity contribution in [2.24, 2.45) is 0 Å². The fraction of sp³-hybridized carbons (Fsp3) is 0.167. The molecule has 1 heterocycles. The number of rotatable bonds is 3. The van der Waals surface area contributed by atoms with Crippen LogP contribution in [0.3, 0.4) is 0 Å². The second-order valence-electron chi connectivity index (χ2n) is 3.99. The first-order valence-corrected chi connectivity index (χ1v) is 6.17. The van der Waals surface area contributed by atoms with Crippen LogP contribution in [-0.2, 0) is 0 Å². The van der Waals surface area contributed by atoms with Crippen LogP contribution < -0.4 is 16.0 Å². The van der Waals surface area contributed by atoms with Gasteiger partial charge in [-0.1, -0.05) is 0 Å². The zero-order chi connectivity index (χ0) is 13.1. The number of nitrogens with two attached hydrogens (primary N) is 1. The molecule has 0 bridgehead atoms. The van der Waals surface area contributed by atoms with Crippen LogP contribution in [-0.4, -0.2) is 24.1 Å². The van der Waals surface area contributed by atoms with Gasteiger partial charge in [-0.3, -0.25) is 0 Å². The van der Waals surface area contributed by atoms with Crippen LogP contribution in [0.15, 0.2) is 35.1 Å². The Balaban J connectivity index is 2.21. The molecule has 0 spiro atoms. The second-order valence-corrected chi connectivity index (χ2v) is 4.78. The Morgan fingerprint density at radius 1 is 1.17 bits per heavy atom. The maximum Gasteiger partial charge on any atom is 0.150 e. The first kappa shape index (κ1) is 12.6. The van der Waals surface area contributed by atoms with Gasteiger partial charge in [0, 0.05) is 25.5 Å². The van der Waals surface area contributed by atoms with Gasteiger partial charge in [-0.05, 0) is 40.2 Å². The van der Waals surface area contributed by atoms with Crippen LogP contribution in [0.2, 0.25) is 0 Å². The maximum atomic E-state index is 5.69. The van der Waals surface area contributed by atoms with Gasteiger partial charge in [0.05, 0.1) is 0 Å². The highest BCUT2D eigenvalue weighted by Crippen LogP contribution is 2.27. The lowest BCUT2D eigenvalue weighted by Crippen LogP contribution is -2.08. The van der Waals surface area contributed by atoms with Crippen LogP contribution >= 0.6 is 15.9 Å². The molecule has 2 rings (SSSR count). The molecule has 0 saturated heterocycles. The lowest BCUT2D eigenvalue weighted by atomic mass is 10.2. The number of nitrogens with one attached hydrogen (secondary N) is 1. The Morgan fingerprint density at radius 3 is 2.44 bits per heavy atom. The lowest BCUT2D eigenvalue weighted by Gasteiger charge is -2.13. The highest BCUT2D eigenvalue weighted by molar-refractivity contribution is 9.10. The van der Waals surface area contributed by atoms with E-state index in [1.165, 1.54) is 6.33 Å². The molecule has 0 fully saturated rings. The van der Waals surface area contributed by atoms with Gasteiger partial charge in [0.25, 0.3) is 0 Å². The SMILES string of the molecule is CN(C)c1ccc(Nc2ncnc(N)c2Br)cc1. The summed E-state index contributed by atoms with van der Waals surface area (Å²) >= 11 is 3.35. The van der Waals surface area contributed by atoms with E-state index >= 15 is 0 Å². The average molecular weight is 308 g/mol. The Labute approximate surface area is 114 Å². The Hall–Kier alpha value is -1.82. The number of aromatic nitrogens is 2. The summed E-state index contributed by atoms with van der Waals surface area (Å²) in [4.78, 5) is 10.1. The first-order chi connectivity index (χ1) is 8.58. The summed E-state index contributed by atoms with van der Waals surface area (Å²) in [6.45, 7) is 0. The molecule has 6 heteroatoms. The van der Waals surface area contributed by atoms with E-state index in [9.17, 15) is 0 Å². The summed E-state index contributed by atoms with van der Waals surface area (Å²) in [5, 5.41) is 3.18. The third-order valence-electron chi connectivity index (χ3n) is 2.46. The number of halogens is 1. The fourth-order valence-electron chi connectivity index (χ4n) is 1.45. The van der Waals surface area contributed by atoms with Crippen molar-refractivity contribution in [2.45, 2.75) is 0 Å². The molecule has 2 aromatic rings. The molecule has 3 N–H and O–H groups in total. The Bertz CT molecular complexity index is 539. The predicted molar refractivity (Wildman–Crippen MR) is 78.2 cm³/mol. The molecule has 0 unspecified atom stereocenters. The minimum Gasteiger partial charge on any atom is -0.383 e. The van der Waals surface area contributed by atoms with Gasteiger partial charge in [0.2, 0.25) is 0 Å². The Kier molecular flexibility index (Phi) is 3.66. The minimum absolute atomic E-state index is 0.414. The van der Waals surface area contributed by atoms with Crippen molar-refractivity contribution in [1.82, 2.24) is 9.97 Å². The van der Waals surface area contributed by atoms with Crippen LogP contribution in [0.25, 0.3) is 0 Å². The maximum absolute atomic E-state index is 5.69. The average Bonchev–Trinajstić information content (AvgIpc) is 2.36. The summed E-state index contributed by atoms with van der Waals surface area (Å²) in [7, 11) is 4.01. The molecular formula is C12H14BrN5. The molecule has 0 radical (unpaired) electrons. The summed E-state index contributed by atoms with van der Waals surface area (Å²) in [5.41, 5.74) is 7.78. The number of nitrogen functional groups attached to an aromatic ring is 1. The topological polar surface area (TPSA) is 67.1 Å². The first-order valence-electron chi connectivity index (χ1n) is 5.38.